The van der Waals surface area contributed by atoms with E-state index in [1.807, 2.05) is 11.4 Å². The summed E-state index contributed by atoms with van der Waals surface area (Å²) in [6.07, 6.45) is 1.60. The summed E-state index contributed by atoms with van der Waals surface area (Å²) < 4.78 is 0. The van der Waals surface area contributed by atoms with Gasteiger partial charge in [0.15, 0.2) is 0 Å². The van der Waals surface area contributed by atoms with Crippen LogP contribution in [-0.4, -0.2) is 35.0 Å². The first kappa shape index (κ1) is 14.3. The maximum Gasteiger partial charge on any atom is 0.311 e. The second kappa shape index (κ2) is 5.51. The van der Waals surface area contributed by atoms with Crippen LogP contribution in [0.15, 0.2) is 11.4 Å². The van der Waals surface area contributed by atoms with Gasteiger partial charge < -0.3 is 10.0 Å². The van der Waals surface area contributed by atoms with Crippen LogP contribution in [0.1, 0.15) is 24.6 Å². The van der Waals surface area contributed by atoms with Crippen LogP contribution in [0.4, 0.5) is 0 Å². The molecule has 2 heterocycles. The van der Waals surface area contributed by atoms with Crippen molar-refractivity contribution >= 4 is 34.8 Å². The molecule has 0 saturated carbocycles. The Morgan fingerprint density at radius 2 is 2.32 bits per heavy atom. The van der Waals surface area contributed by atoms with Crippen molar-refractivity contribution in [3.05, 3.63) is 21.3 Å². The molecule has 104 valence electrons. The maximum atomic E-state index is 12.0. The lowest BCUT2D eigenvalue weighted by atomic mass is 9.90. The van der Waals surface area contributed by atoms with E-state index in [-0.39, 0.29) is 5.91 Å². The number of carbonyl (C=O) groups is 2. The number of hydrogen-bond donors (Lipinski definition) is 1. The van der Waals surface area contributed by atoms with E-state index < -0.39 is 11.4 Å². The van der Waals surface area contributed by atoms with Gasteiger partial charge in [-0.05, 0) is 25.8 Å². The highest BCUT2D eigenvalue weighted by molar-refractivity contribution is 7.10. The summed E-state index contributed by atoms with van der Waals surface area (Å²) in [4.78, 5) is 25.9. The molecular weight excluding hydrogens is 286 g/mol. The van der Waals surface area contributed by atoms with E-state index in [1.165, 1.54) is 0 Å². The van der Waals surface area contributed by atoms with Gasteiger partial charge in [0, 0.05) is 29.8 Å². The number of nitrogens with zero attached hydrogens (tertiary/aromatic N) is 1. The van der Waals surface area contributed by atoms with E-state index in [4.69, 9.17) is 16.7 Å². The number of rotatable bonds is 4. The first-order valence-corrected chi connectivity index (χ1v) is 7.40. The Labute approximate surface area is 121 Å². The van der Waals surface area contributed by atoms with Crippen LogP contribution in [0.25, 0.3) is 0 Å². The number of halogens is 1. The van der Waals surface area contributed by atoms with Crippen LogP contribution >= 0.6 is 22.9 Å². The van der Waals surface area contributed by atoms with Crippen molar-refractivity contribution in [1.82, 2.24) is 4.90 Å². The molecule has 1 saturated heterocycles. The van der Waals surface area contributed by atoms with E-state index in [2.05, 4.69) is 0 Å². The molecule has 1 aromatic heterocycles. The van der Waals surface area contributed by atoms with Crippen molar-refractivity contribution in [2.24, 2.45) is 5.41 Å². The van der Waals surface area contributed by atoms with Crippen LogP contribution in [-0.2, 0) is 16.0 Å². The van der Waals surface area contributed by atoms with Gasteiger partial charge in [0.1, 0.15) is 0 Å². The zero-order chi connectivity index (χ0) is 14.0. The van der Waals surface area contributed by atoms with Crippen molar-refractivity contribution in [2.75, 3.05) is 13.1 Å². The monoisotopic (exact) mass is 301 g/mol. The lowest BCUT2D eigenvalue weighted by Crippen LogP contribution is -2.34. The number of likely N-dealkylation sites (tertiary alicyclic amines) is 1. The molecule has 1 aromatic rings. The van der Waals surface area contributed by atoms with Crippen LogP contribution in [0.3, 0.4) is 0 Å². The first-order chi connectivity index (χ1) is 8.90. The number of thiophene rings is 1. The molecule has 2 rings (SSSR count). The highest BCUT2D eigenvalue weighted by atomic mass is 35.5. The predicted molar refractivity (Wildman–Crippen MR) is 74.6 cm³/mol. The van der Waals surface area contributed by atoms with Crippen molar-refractivity contribution in [1.29, 1.82) is 0 Å². The van der Waals surface area contributed by atoms with Crippen LogP contribution < -0.4 is 0 Å². The summed E-state index contributed by atoms with van der Waals surface area (Å²) in [5.74, 6) is -0.803. The number of amides is 1. The summed E-state index contributed by atoms with van der Waals surface area (Å²) in [6.45, 7) is 2.54. The Balaban J connectivity index is 1.86. The Morgan fingerprint density at radius 3 is 2.84 bits per heavy atom. The number of carboxylic acid groups (broad SMARTS) is 1. The van der Waals surface area contributed by atoms with E-state index in [1.54, 1.807) is 23.2 Å². The average molecular weight is 302 g/mol. The molecule has 1 amide bonds. The van der Waals surface area contributed by atoms with E-state index in [9.17, 15) is 9.59 Å². The maximum absolute atomic E-state index is 12.0. The molecule has 19 heavy (non-hydrogen) atoms. The topological polar surface area (TPSA) is 57.6 Å². The van der Waals surface area contributed by atoms with Crippen LogP contribution in [0.2, 0.25) is 5.02 Å². The summed E-state index contributed by atoms with van der Waals surface area (Å²) >= 11 is 7.37. The third kappa shape index (κ3) is 3.28. The molecule has 1 aliphatic heterocycles. The van der Waals surface area contributed by atoms with Gasteiger partial charge in [-0.15, -0.1) is 11.3 Å². The van der Waals surface area contributed by atoms with Crippen LogP contribution in [0.5, 0.6) is 0 Å². The van der Waals surface area contributed by atoms with Gasteiger partial charge in [0.2, 0.25) is 5.91 Å². The molecule has 0 unspecified atom stereocenters. The summed E-state index contributed by atoms with van der Waals surface area (Å²) in [7, 11) is 0. The van der Waals surface area contributed by atoms with Gasteiger partial charge >= 0.3 is 5.97 Å². The normalized spacial score (nSPS) is 22.7. The lowest BCUT2D eigenvalue weighted by molar-refractivity contribution is -0.147. The fraction of sp³-hybridized carbons (Fsp3) is 0.538. The highest BCUT2D eigenvalue weighted by Crippen LogP contribution is 2.30. The molecule has 0 spiro atoms. The molecule has 0 aromatic carbocycles. The van der Waals surface area contributed by atoms with Gasteiger partial charge in [0.05, 0.1) is 10.4 Å². The molecule has 0 aliphatic carbocycles. The second-order valence-electron chi connectivity index (χ2n) is 5.16. The Kier molecular flexibility index (Phi) is 4.16. The Morgan fingerprint density at radius 1 is 1.58 bits per heavy atom. The Hall–Kier alpha value is -1.07. The van der Waals surface area contributed by atoms with Crippen molar-refractivity contribution in [2.45, 2.75) is 26.2 Å². The number of aryl methyl sites for hydroxylation is 1. The standard InChI is InChI=1S/C13H16ClNO3S/c1-13(12(17)18)4-5-15(8-13)11(16)3-2-10-6-9(14)7-19-10/h6-7H,2-5,8H2,1H3,(H,17,18)/t13-/m1/s1. The largest absolute Gasteiger partial charge is 0.481 e. The third-order valence-corrected chi connectivity index (χ3v) is 4.89. The van der Waals surface area contributed by atoms with E-state index >= 15 is 0 Å². The smallest absolute Gasteiger partial charge is 0.311 e. The molecule has 1 fully saturated rings. The fourth-order valence-corrected chi connectivity index (χ4v) is 3.30. The number of aliphatic carboxylic acids is 1. The molecule has 6 heteroatoms. The highest BCUT2D eigenvalue weighted by Gasteiger charge is 2.41. The first-order valence-electron chi connectivity index (χ1n) is 6.15. The molecule has 0 bridgehead atoms. The number of carbonyl (C=O) groups excluding carboxylic acids is 1. The zero-order valence-electron chi connectivity index (χ0n) is 10.7. The van der Waals surface area contributed by atoms with Gasteiger partial charge in [-0.1, -0.05) is 11.6 Å². The minimum atomic E-state index is -0.826. The molecule has 1 atom stereocenters. The number of hydrogen-bond acceptors (Lipinski definition) is 3. The Bertz CT molecular complexity index is 502. The lowest BCUT2D eigenvalue weighted by Gasteiger charge is -2.20. The SMILES string of the molecule is C[C@@]1(C(=O)O)CCN(C(=O)CCc2cc(Cl)cs2)C1. The molecule has 4 nitrogen and oxygen atoms in total. The molecule has 1 aliphatic rings. The minimum absolute atomic E-state index is 0.0227. The third-order valence-electron chi connectivity index (χ3n) is 3.55. The summed E-state index contributed by atoms with van der Waals surface area (Å²) in [5.41, 5.74) is -0.790. The van der Waals surface area contributed by atoms with Gasteiger partial charge in [0.25, 0.3) is 0 Å². The number of carboxylic acids is 1. The van der Waals surface area contributed by atoms with E-state index in [0.29, 0.717) is 37.4 Å². The van der Waals surface area contributed by atoms with E-state index in [0.717, 1.165) is 4.88 Å². The molecule has 0 radical (unpaired) electrons. The van der Waals surface area contributed by atoms with Gasteiger partial charge in [-0.2, -0.15) is 0 Å². The fourth-order valence-electron chi connectivity index (χ4n) is 2.22. The summed E-state index contributed by atoms with van der Waals surface area (Å²) in [5, 5.41) is 11.7. The summed E-state index contributed by atoms with van der Waals surface area (Å²) in [6, 6.07) is 1.87. The molecular formula is C13H16ClNO3S. The predicted octanol–water partition coefficient (Wildman–Crippen LogP) is 2.66. The average Bonchev–Trinajstić information content (AvgIpc) is 2.94. The van der Waals surface area contributed by atoms with Crippen molar-refractivity contribution in [3.8, 4) is 0 Å². The van der Waals surface area contributed by atoms with Gasteiger partial charge in [-0.25, -0.2) is 0 Å². The quantitative estimate of drug-likeness (QED) is 0.930. The zero-order valence-corrected chi connectivity index (χ0v) is 12.3. The second-order valence-corrected chi connectivity index (χ2v) is 6.59. The van der Waals surface area contributed by atoms with Crippen LogP contribution in [0, 0.1) is 5.41 Å². The van der Waals surface area contributed by atoms with Crippen molar-refractivity contribution < 1.29 is 14.7 Å². The molecule has 1 N–H and O–H groups in total. The van der Waals surface area contributed by atoms with Crippen molar-refractivity contribution in [3.63, 3.8) is 0 Å². The minimum Gasteiger partial charge on any atom is -0.481 e. The van der Waals surface area contributed by atoms with Gasteiger partial charge in [-0.3, -0.25) is 9.59 Å².